The third-order valence-electron chi connectivity index (χ3n) is 3.40. The number of rotatable bonds is 2. The van der Waals surface area contributed by atoms with Gasteiger partial charge in [-0.1, -0.05) is 40.2 Å². The van der Waals surface area contributed by atoms with Gasteiger partial charge in [0.15, 0.2) is 0 Å². The van der Waals surface area contributed by atoms with Crippen LogP contribution in [0.3, 0.4) is 0 Å². The predicted octanol–water partition coefficient (Wildman–Crippen LogP) is 3.94. The average Bonchev–Trinajstić information content (AvgIpc) is 2.72. The Hall–Kier alpha value is -1.94. The molecule has 1 aliphatic heterocycles. The van der Waals surface area contributed by atoms with Gasteiger partial charge < -0.3 is 0 Å². The molecule has 0 radical (unpaired) electrons. The molecule has 3 nitrogen and oxygen atoms in total. The number of hydrogen-bond donors (Lipinski definition) is 0. The van der Waals surface area contributed by atoms with Crippen molar-refractivity contribution in [1.29, 1.82) is 0 Å². The highest BCUT2D eigenvalue weighted by Gasteiger charge is 2.36. The number of alkyl halides is 1. The van der Waals surface area contributed by atoms with E-state index in [9.17, 15) is 9.59 Å². The molecule has 1 atom stereocenters. The average molecular weight is 330 g/mol. The fraction of sp³-hybridized carbons (Fsp3) is 0.125. The third-order valence-corrected chi connectivity index (χ3v) is 3.93. The molecule has 2 aromatic carbocycles. The van der Waals surface area contributed by atoms with Crippen LogP contribution in [0.2, 0.25) is 0 Å². The summed E-state index contributed by atoms with van der Waals surface area (Å²) in [5.74, 6) is -0.518. The number of nitrogens with zero attached hydrogens (tertiary/aromatic N) is 1. The largest absolute Gasteiger partial charge is 0.268 e. The number of fused-ring (bicyclic) bond motifs is 1. The minimum absolute atomic E-state index is 0.235. The monoisotopic (exact) mass is 329 g/mol. The Bertz CT molecular complexity index is 657. The van der Waals surface area contributed by atoms with Crippen LogP contribution in [0.1, 0.15) is 38.0 Å². The first-order chi connectivity index (χ1) is 9.59. The number of halogens is 1. The number of anilines is 1. The molecule has 0 spiro atoms. The van der Waals surface area contributed by atoms with Gasteiger partial charge in [-0.2, -0.15) is 0 Å². The zero-order chi connectivity index (χ0) is 14.3. The molecule has 20 heavy (non-hydrogen) atoms. The minimum Gasteiger partial charge on any atom is -0.268 e. The fourth-order valence-electron chi connectivity index (χ4n) is 2.31. The van der Waals surface area contributed by atoms with Gasteiger partial charge in [0.2, 0.25) is 0 Å². The number of benzene rings is 2. The zero-order valence-electron chi connectivity index (χ0n) is 10.8. The van der Waals surface area contributed by atoms with Crippen molar-refractivity contribution in [3.05, 3.63) is 65.2 Å². The topological polar surface area (TPSA) is 37.4 Å². The van der Waals surface area contributed by atoms with Crippen molar-refractivity contribution >= 4 is 33.4 Å². The maximum Gasteiger partial charge on any atom is 0.266 e. The van der Waals surface area contributed by atoms with E-state index in [-0.39, 0.29) is 16.6 Å². The summed E-state index contributed by atoms with van der Waals surface area (Å²) < 4.78 is 0. The van der Waals surface area contributed by atoms with Crippen molar-refractivity contribution in [3.63, 3.8) is 0 Å². The number of carbonyl (C=O) groups is 2. The lowest BCUT2D eigenvalue weighted by atomic mass is 10.1. The van der Waals surface area contributed by atoms with Crippen LogP contribution in [-0.2, 0) is 0 Å². The molecule has 0 saturated carbocycles. The molecule has 3 rings (SSSR count). The second kappa shape index (κ2) is 4.87. The molecular formula is C16H12BrNO2. The minimum atomic E-state index is -0.259. The van der Waals surface area contributed by atoms with Gasteiger partial charge in [-0.05, 0) is 36.8 Å². The van der Waals surface area contributed by atoms with Gasteiger partial charge in [-0.3, -0.25) is 9.59 Å². The molecule has 4 heteroatoms. The Labute approximate surface area is 125 Å². The highest BCUT2D eigenvalue weighted by atomic mass is 79.9. The Balaban J connectivity index is 2.00. The van der Waals surface area contributed by atoms with E-state index in [4.69, 9.17) is 0 Å². The number of imide groups is 1. The van der Waals surface area contributed by atoms with Gasteiger partial charge in [0.1, 0.15) is 0 Å². The summed E-state index contributed by atoms with van der Waals surface area (Å²) in [5, 5.41) is 0. The van der Waals surface area contributed by atoms with Crippen molar-refractivity contribution < 1.29 is 9.59 Å². The first-order valence-corrected chi connectivity index (χ1v) is 7.23. The lowest BCUT2D eigenvalue weighted by Crippen LogP contribution is -2.29. The molecule has 1 heterocycles. The van der Waals surface area contributed by atoms with E-state index in [0.29, 0.717) is 16.8 Å². The van der Waals surface area contributed by atoms with Gasteiger partial charge in [0.05, 0.1) is 16.8 Å². The van der Waals surface area contributed by atoms with Gasteiger partial charge in [-0.25, -0.2) is 4.90 Å². The maximum absolute atomic E-state index is 12.3. The van der Waals surface area contributed by atoms with Crippen LogP contribution < -0.4 is 4.90 Å². The number of amides is 2. The van der Waals surface area contributed by atoms with Gasteiger partial charge in [0, 0.05) is 4.83 Å². The van der Waals surface area contributed by atoms with E-state index in [2.05, 4.69) is 15.9 Å². The molecule has 0 saturated heterocycles. The lowest BCUT2D eigenvalue weighted by molar-refractivity contribution is 0.0926. The lowest BCUT2D eigenvalue weighted by Gasteiger charge is -2.14. The summed E-state index contributed by atoms with van der Waals surface area (Å²) >= 11 is 3.49. The Kier molecular flexibility index (Phi) is 3.18. The molecule has 0 aromatic heterocycles. The first kappa shape index (κ1) is 13.1. The van der Waals surface area contributed by atoms with Crippen LogP contribution in [0.25, 0.3) is 0 Å². The van der Waals surface area contributed by atoms with E-state index in [0.717, 1.165) is 5.56 Å². The molecule has 1 unspecified atom stereocenters. The van der Waals surface area contributed by atoms with Crippen molar-refractivity contribution in [2.75, 3.05) is 4.90 Å². The quantitative estimate of drug-likeness (QED) is 0.618. The molecule has 2 amide bonds. The molecule has 100 valence electrons. The fourth-order valence-corrected chi connectivity index (χ4v) is 2.62. The van der Waals surface area contributed by atoms with E-state index >= 15 is 0 Å². The summed E-state index contributed by atoms with van der Waals surface area (Å²) in [7, 11) is 0. The smallest absolute Gasteiger partial charge is 0.266 e. The van der Waals surface area contributed by atoms with Crippen LogP contribution in [-0.4, -0.2) is 11.8 Å². The molecule has 0 aliphatic carbocycles. The summed E-state index contributed by atoms with van der Waals surface area (Å²) in [4.78, 5) is 26.1. The SMILES string of the molecule is CC(Br)c1ccc(N2C(=O)c3ccccc3C2=O)cc1. The summed E-state index contributed by atoms with van der Waals surface area (Å²) in [6.45, 7) is 2.02. The van der Waals surface area contributed by atoms with Gasteiger partial charge >= 0.3 is 0 Å². The Morgan fingerprint density at radius 1 is 0.900 bits per heavy atom. The first-order valence-electron chi connectivity index (χ1n) is 6.31. The van der Waals surface area contributed by atoms with Crippen LogP contribution in [0.5, 0.6) is 0 Å². The van der Waals surface area contributed by atoms with E-state index in [1.165, 1.54) is 4.90 Å². The standard InChI is InChI=1S/C16H12BrNO2/c1-10(17)11-6-8-12(9-7-11)18-15(19)13-4-2-3-5-14(13)16(18)20/h2-10H,1H3. The molecule has 0 N–H and O–H groups in total. The molecule has 0 fully saturated rings. The summed E-state index contributed by atoms with van der Waals surface area (Å²) in [5.41, 5.74) is 2.64. The zero-order valence-corrected chi connectivity index (χ0v) is 12.4. The molecule has 2 aromatic rings. The van der Waals surface area contributed by atoms with Crippen molar-refractivity contribution in [2.45, 2.75) is 11.8 Å². The van der Waals surface area contributed by atoms with E-state index in [1.54, 1.807) is 36.4 Å². The summed E-state index contributed by atoms with van der Waals surface area (Å²) in [6, 6.07) is 14.3. The van der Waals surface area contributed by atoms with Crippen molar-refractivity contribution in [2.24, 2.45) is 0 Å². The van der Waals surface area contributed by atoms with Gasteiger partial charge in [0.25, 0.3) is 11.8 Å². The number of carbonyl (C=O) groups excluding carboxylic acids is 2. The van der Waals surface area contributed by atoms with Crippen molar-refractivity contribution in [1.82, 2.24) is 0 Å². The second-order valence-corrected chi connectivity index (χ2v) is 6.07. The van der Waals surface area contributed by atoms with Crippen LogP contribution >= 0.6 is 15.9 Å². The molecule has 1 aliphatic rings. The summed E-state index contributed by atoms with van der Waals surface area (Å²) in [6.07, 6.45) is 0. The Morgan fingerprint density at radius 3 is 1.85 bits per heavy atom. The Morgan fingerprint density at radius 2 is 1.40 bits per heavy atom. The van der Waals surface area contributed by atoms with Crippen LogP contribution in [0, 0.1) is 0 Å². The highest BCUT2D eigenvalue weighted by Crippen LogP contribution is 2.30. The van der Waals surface area contributed by atoms with Crippen LogP contribution in [0.15, 0.2) is 48.5 Å². The van der Waals surface area contributed by atoms with Gasteiger partial charge in [-0.15, -0.1) is 0 Å². The predicted molar refractivity (Wildman–Crippen MR) is 81.4 cm³/mol. The van der Waals surface area contributed by atoms with E-state index in [1.807, 2.05) is 19.1 Å². The highest BCUT2D eigenvalue weighted by molar-refractivity contribution is 9.09. The molecular weight excluding hydrogens is 318 g/mol. The van der Waals surface area contributed by atoms with E-state index < -0.39 is 0 Å². The molecule has 0 bridgehead atoms. The van der Waals surface area contributed by atoms with Crippen LogP contribution in [0.4, 0.5) is 5.69 Å². The normalized spacial score (nSPS) is 15.4. The van der Waals surface area contributed by atoms with Crippen molar-refractivity contribution in [3.8, 4) is 0 Å². The number of hydrogen-bond acceptors (Lipinski definition) is 2. The maximum atomic E-state index is 12.3. The third kappa shape index (κ3) is 1.96. The second-order valence-electron chi connectivity index (χ2n) is 4.70.